The van der Waals surface area contributed by atoms with Crippen molar-refractivity contribution in [3.8, 4) is 5.75 Å². The van der Waals surface area contributed by atoms with Crippen LogP contribution in [0, 0.1) is 11.6 Å². The minimum Gasteiger partial charge on any atom is -0.481 e. The van der Waals surface area contributed by atoms with E-state index in [0.717, 1.165) is 5.57 Å². The number of fused-ring (bicyclic) bond motifs is 7. The summed E-state index contributed by atoms with van der Waals surface area (Å²) in [7, 11) is -9.99. The number of carbonyl (C=O) groups is 2. The van der Waals surface area contributed by atoms with Crippen molar-refractivity contribution in [1.82, 2.24) is 0 Å². The fourth-order valence-electron chi connectivity index (χ4n) is 7.35. The largest absolute Gasteiger partial charge is 0.534 e. The molecule has 3 aliphatic rings. The number of rotatable bonds is 6. The smallest absolute Gasteiger partial charge is 0.481 e. The van der Waals surface area contributed by atoms with Gasteiger partial charge in [-0.1, -0.05) is 37.4 Å². The molecule has 1 N–H and O–H groups in total. The van der Waals surface area contributed by atoms with Crippen molar-refractivity contribution in [1.29, 1.82) is 0 Å². The molecule has 1 atom stereocenters. The molecule has 3 aliphatic heterocycles. The summed E-state index contributed by atoms with van der Waals surface area (Å²) in [5.41, 5.74) is -5.76. The maximum absolute atomic E-state index is 16.7. The number of allylic oxidation sites excluding steroid dienone is 1. The zero-order valence-corrected chi connectivity index (χ0v) is 28.2. The summed E-state index contributed by atoms with van der Waals surface area (Å²) >= 11 is 0. The number of hydrogen-bond acceptors (Lipinski definition) is 7. The van der Waals surface area contributed by atoms with E-state index in [-0.39, 0.29) is 28.3 Å². The quantitative estimate of drug-likeness (QED) is 0.115. The Labute approximate surface area is 273 Å². The van der Waals surface area contributed by atoms with Crippen LogP contribution in [0.5, 0.6) is 5.75 Å². The van der Waals surface area contributed by atoms with Crippen LogP contribution < -0.4 is 19.5 Å². The number of ether oxygens (including phenoxy) is 1. The number of alkyl halides is 3. The highest BCUT2D eigenvalue weighted by Crippen LogP contribution is 2.52. The van der Waals surface area contributed by atoms with E-state index in [4.69, 9.17) is 4.74 Å². The fraction of sp³-hybridized carbons (Fsp3) is 0.333. The van der Waals surface area contributed by atoms with E-state index in [0.29, 0.717) is 41.0 Å². The molecule has 0 amide bonds. The number of carboxylic acids is 1. The third-order valence-corrected chi connectivity index (χ3v) is 13.8. The van der Waals surface area contributed by atoms with Crippen molar-refractivity contribution in [2.45, 2.75) is 63.4 Å². The van der Waals surface area contributed by atoms with E-state index >= 15 is 8.78 Å². The van der Waals surface area contributed by atoms with Gasteiger partial charge in [0.15, 0.2) is 17.2 Å². The first-order chi connectivity index (χ1) is 22.1. The molecule has 0 radical (unpaired) electrons. The molecule has 48 heavy (non-hydrogen) atoms. The summed E-state index contributed by atoms with van der Waals surface area (Å²) < 4.78 is 106. The second kappa shape index (κ2) is 10.6. The summed E-state index contributed by atoms with van der Waals surface area (Å²) in [6.07, 6.45) is 2.20. The van der Waals surface area contributed by atoms with Gasteiger partial charge in [0.2, 0.25) is 5.75 Å². The van der Waals surface area contributed by atoms with Gasteiger partial charge in [0, 0.05) is 40.9 Å². The predicted octanol–water partition coefficient (Wildman–Crippen LogP) is 5.66. The van der Waals surface area contributed by atoms with Gasteiger partial charge in [-0.15, -0.1) is 0 Å². The number of anilines is 1. The van der Waals surface area contributed by atoms with Crippen molar-refractivity contribution < 1.29 is 54.0 Å². The van der Waals surface area contributed by atoms with E-state index in [1.54, 1.807) is 43.4 Å². The van der Waals surface area contributed by atoms with Gasteiger partial charge in [-0.05, 0) is 67.4 Å². The SMILES string of the molecule is CC1=CC(C)(C)N(CCCC(=O)O)c2cc3c(cc21)C1(OC(=O)c2ccccc21)c1cc(F)c(OS(=O)(=O)C(F)(F)F)c(F)c1[Si]3(C)C. The van der Waals surface area contributed by atoms with Gasteiger partial charge in [-0.25, -0.2) is 13.6 Å². The van der Waals surface area contributed by atoms with Crippen LogP contribution in [0.1, 0.15) is 66.2 Å². The van der Waals surface area contributed by atoms with Crippen molar-refractivity contribution in [2.75, 3.05) is 11.4 Å². The first-order valence-electron chi connectivity index (χ1n) is 14.9. The summed E-state index contributed by atoms with van der Waals surface area (Å²) in [5.74, 6) is -6.88. The lowest BCUT2D eigenvalue weighted by Crippen LogP contribution is -2.65. The van der Waals surface area contributed by atoms with Crippen molar-refractivity contribution in [2.24, 2.45) is 0 Å². The minimum absolute atomic E-state index is 0.0978. The number of esters is 1. The average Bonchev–Trinajstić information content (AvgIpc) is 3.27. The molecule has 0 aliphatic carbocycles. The fourth-order valence-corrected chi connectivity index (χ4v) is 11.1. The Bertz CT molecular complexity index is 2080. The second-order valence-corrected chi connectivity index (χ2v) is 19.0. The normalized spacial score (nSPS) is 20.3. The molecule has 0 fully saturated rings. The first-order valence-corrected chi connectivity index (χ1v) is 19.3. The van der Waals surface area contributed by atoms with Crippen molar-refractivity contribution in [3.63, 3.8) is 0 Å². The van der Waals surface area contributed by atoms with Crippen LogP contribution in [0.4, 0.5) is 27.6 Å². The maximum atomic E-state index is 16.7. The van der Waals surface area contributed by atoms with Crippen LogP contribution in [0.3, 0.4) is 0 Å². The number of halogens is 5. The first kappa shape index (κ1) is 33.7. The Balaban J connectivity index is 1.69. The zero-order chi connectivity index (χ0) is 35.4. The standard InChI is InChI=1S/C33H30F5NO7SSi/c1-17-16-31(2,3)39(12-8-11-26(40)41)24-15-25-21(13-19(17)24)32(20-10-7-6-9-18(20)30(42)45-32)22-14-23(34)28(27(35)29(22)48(25,4)5)46-47(43,44)33(36,37)38/h6-7,9-10,13-16H,8,11-12H2,1-5H3,(H,40,41). The van der Waals surface area contributed by atoms with Crippen LogP contribution in [-0.2, 0) is 25.3 Å². The molecular weight excluding hydrogens is 678 g/mol. The summed E-state index contributed by atoms with van der Waals surface area (Å²) in [4.78, 5) is 26.8. The molecule has 0 saturated carbocycles. The summed E-state index contributed by atoms with van der Waals surface area (Å²) in [5, 5.41) is 9.48. The number of carbonyl (C=O) groups excluding carboxylic acids is 1. The van der Waals surface area contributed by atoms with Crippen LogP contribution in [0.2, 0.25) is 13.1 Å². The Morgan fingerprint density at radius 1 is 1.04 bits per heavy atom. The van der Waals surface area contributed by atoms with E-state index in [1.807, 2.05) is 31.7 Å². The van der Waals surface area contributed by atoms with Gasteiger partial charge in [0.05, 0.1) is 11.1 Å². The molecule has 254 valence electrons. The Hall–Kier alpha value is -4.24. The summed E-state index contributed by atoms with van der Waals surface area (Å²) in [6, 6.07) is 10.5. The lowest BCUT2D eigenvalue weighted by atomic mass is 9.77. The number of carboxylic acid groups (broad SMARTS) is 1. The van der Waals surface area contributed by atoms with E-state index in [2.05, 4.69) is 4.18 Å². The topological polar surface area (TPSA) is 110 Å². The Morgan fingerprint density at radius 3 is 2.35 bits per heavy atom. The van der Waals surface area contributed by atoms with Gasteiger partial charge in [-0.2, -0.15) is 21.6 Å². The lowest BCUT2D eigenvalue weighted by molar-refractivity contribution is -0.137. The molecule has 0 aromatic heterocycles. The second-order valence-electron chi connectivity index (χ2n) is 13.2. The van der Waals surface area contributed by atoms with Crippen LogP contribution in [0.15, 0.2) is 48.5 Å². The van der Waals surface area contributed by atoms with Crippen LogP contribution in [0.25, 0.3) is 5.57 Å². The van der Waals surface area contributed by atoms with E-state index in [1.165, 1.54) is 6.07 Å². The zero-order valence-electron chi connectivity index (χ0n) is 26.4. The third-order valence-electron chi connectivity index (χ3n) is 9.37. The van der Waals surface area contributed by atoms with Crippen LogP contribution in [-0.4, -0.2) is 51.1 Å². The number of benzene rings is 3. The molecule has 0 saturated heterocycles. The lowest BCUT2D eigenvalue weighted by Gasteiger charge is -2.47. The molecule has 1 unspecified atom stereocenters. The monoisotopic (exact) mass is 707 g/mol. The number of nitrogens with zero attached hydrogens (tertiary/aromatic N) is 1. The molecule has 0 bridgehead atoms. The van der Waals surface area contributed by atoms with Crippen molar-refractivity contribution in [3.05, 3.63) is 88.0 Å². The molecule has 6 rings (SSSR count). The van der Waals surface area contributed by atoms with Gasteiger partial charge in [0.1, 0.15) is 8.07 Å². The van der Waals surface area contributed by atoms with Gasteiger partial charge >= 0.3 is 27.6 Å². The average molecular weight is 708 g/mol. The van der Waals surface area contributed by atoms with E-state index in [9.17, 15) is 36.3 Å². The van der Waals surface area contributed by atoms with Gasteiger partial charge < -0.3 is 18.9 Å². The van der Waals surface area contributed by atoms with Gasteiger partial charge in [0.25, 0.3) is 0 Å². The number of aliphatic carboxylic acids is 1. The Kier molecular flexibility index (Phi) is 7.45. The molecular formula is C33H30F5NO7SSi. The van der Waals surface area contributed by atoms with Crippen LogP contribution >= 0.6 is 0 Å². The highest BCUT2D eigenvalue weighted by molar-refractivity contribution is 7.88. The maximum Gasteiger partial charge on any atom is 0.534 e. The Morgan fingerprint density at radius 2 is 1.71 bits per heavy atom. The minimum atomic E-state index is -6.46. The highest BCUT2D eigenvalue weighted by Gasteiger charge is 2.59. The number of hydrogen-bond donors (Lipinski definition) is 1. The molecule has 3 aromatic carbocycles. The van der Waals surface area contributed by atoms with E-state index < -0.39 is 64.2 Å². The molecule has 8 nitrogen and oxygen atoms in total. The molecule has 1 spiro atoms. The van der Waals surface area contributed by atoms with Crippen molar-refractivity contribution >= 4 is 51.8 Å². The highest BCUT2D eigenvalue weighted by atomic mass is 32.2. The molecule has 15 heteroatoms. The third kappa shape index (κ3) is 4.76. The molecule has 3 aromatic rings. The van der Waals surface area contributed by atoms with Gasteiger partial charge in [-0.3, -0.25) is 4.79 Å². The summed E-state index contributed by atoms with van der Waals surface area (Å²) in [6.45, 7) is 9.43. The predicted molar refractivity (Wildman–Crippen MR) is 169 cm³/mol. The molecule has 3 heterocycles.